The number of sulfone groups is 1. The molecule has 1 aromatic heterocycles. The Labute approximate surface area is 85.9 Å². The molecule has 0 aliphatic carbocycles. The van der Waals surface area contributed by atoms with Crippen molar-refractivity contribution in [2.75, 3.05) is 5.88 Å². The van der Waals surface area contributed by atoms with Crippen molar-refractivity contribution in [3.63, 3.8) is 0 Å². The van der Waals surface area contributed by atoms with Crippen molar-refractivity contribution in [1.29, 1.82) is 0 Å². The van der Waals surface area contributed by atoms with Crippen LogP contribution in [-0.4, -0.2) is 29.7 Å². The van der Waals surface area contributed by atoms with E-state index in [9.17, 15) is 8.42 Å². The van der Waals surface area contributed by atoms with Crippen LogP contribution in [0.5, 0.6) is 0 Å². The van der Waals surface area contributed by atoms with Crippen LogP contribution >= 0.6 is 22.9 Å². The molecule has 0 N–H and O–H groups in total. The van der Waals surface area contributed by atoms with Crippen molar-refractivity contribution in [2.45, 2.75) is 22.9 Å². The molecule has 0 radical (unpaired) electrons. The molecule has 4 nitrogen and oxygen atoms in total. The molecule has 1 heterocycles. The van der Waals surface area contributed by atoms with Crippen LogP contribution in [0, 0.1) is 0 Å². The maximum absolute atomic E-state index is 11.6. The van der Waals surface area contributed by atoms with Crippen molar-refractivity contribution in [2.24, 2.45) is 0 Å². The first-order chi connectivity index (χ1) is 6.09. The third kappa shape index (κ3) is 2.38. The predicted molar refractivity (Wildman–Crippen MR) is 51.9 cm³/mol. The summed E-state index contributed by atoms with van der Waals surface area (Å²) in [5.74, 6) is 0.333. The van der Waals surface area contributed by atoms with Crippen molar-refractivity contribution in [1.82, 2.24) is 10.2 Å². The van der Waals surface area contributed by atoms with Gasteiger partial charge in [0.15, 0.2) is 0 Å². The number of nitrogens with zero attached hydrogens (tertiary/aromatic N) is 2. The van der Waals surface area contributed by atoms with Gasteiger partial charge < -0.3 is 0 Å². The number of hydrogen-bond donors (Lipinski definition) is 0. The lowest BCUT2D eigenvalue weighted by molar-refractivity contribution is 0.579. The molecule has 1 aromatic rings. The van der Waals surface area contributed by atoms with Gasteiger partial charge in [-0.3, -0.25) is 0 Å². The fourth-order valence-corrected chi connectivity index (χ4v) is 3.59. The summed E-state index contributed by atoms with van der Waals surface area (Å²) >= 11 is 6.50. The topological polar surface area (TPSA) is 59.9 Å². The molecule has 13 heavy (non-hydrogen) atoms. The normalized spacial score (nSPS) is 14.3. The van der Waals surface area contributed by atoms with Crippen LogP contribution in [0.15, 0.2) is 9.85 Å². The minimum atomic E-state index is -3.30. The van der Waals surface area contributed by atoms with Crippen molar-refractivity contribution < 1.29 is 8.42 Å². The zero-order chi connectivity index (χ0) is 9.90. The van der Waals surface area contributed by atoms with E-state index in [1.807, 2.05) is 0 Å². The molecule has 7 heteroatoms. The molecular formula is C6H9ClN2O2S2. The average molecular weight is 241 g/mol. The van der Waals surface area contributed by atoms with E-state index in [1.165, 1.54) is 5.51 Å². The largest absolute Gasteiger partial charge is 0.232 e. The summed E-state index contributed by atoms with van der Waals surface area (Å²) in [5.41, 5.74) is 1.40. The minimum Gasteiger partial charge on any atom is -0.221 e. The maximum atomic E-state index is 11.6. The van der Waals surface area contributed by atoms with Gasteiger partial charge in [-0.05, 0) is 13.3 Å². The SMILES string of the molecule is CC(CCCl)S(=O)(=O)c1nncs1. The van der Waals surface area contributed by atoms with E-state index in [0.29, 0.717) is 12.3 Å². The standard InChI is InChI=1S/C6H9ClN2O2S2/c1-5(2-3-7)13(10,11)6-9-8-4-12-6/h4-5H,2-3H2,1H3. The first-order valence-corrected chi connectivity index (χ1v) is 6.61. The molecule has 0 saturated carbocycles. The predicted octanol–water partition coefficient (Wildman–Crippen LogP) is 1.33. The Hall–Kier alpha value is -0.200. The summed E-state index contributed by atoms with van der Waals surface area (Å²) in [7, 11) is -3.30. The number of aromatic nitrogens is 2. The monoisotopic (exact) mass is 240 g/mol. The molecule has 0 fully saturated rings. The smallest absolute Gasteiger partial charge is 0.221 e. The number of alkyl halides is 1. The molecule has 1 atom stereocenters. The van der Waals surface area contributed by atoms with Gasteiger partial charge in [0.2, 0.25) is 14.2 Å². The zero-order valence-corrected chi connectivity index (χ0v) is 9.36. The molecule has 0 amide bonds. The van der Waals surface area contributed by atoms with Gasteiger partial charge in [-0.2, -0.15) is 0 Å². The Morgan fingerprint density at radius 2 is 2.38 bits per heavy atom. The van der Waals surface area contributed by atoms with Crippen molar-refractivity contribution in [3.05, 3.63) is 5.51 Å². The summed E-state index contributed by atoms with van der Waals surface area (Å²) in [6, 6.07) is 0. The van der Waals surface area contributed by atoms with Crippen LogP contribution < -0.4 is 0 Å². The minimum absolute atomic E-state index is 0.0742. The van der Waals surface area contributed by atoms with Gasteiger partial charge in [-0.1, -0.05) is 11.3 Å². The molecule has 0 saturated heterocycles. The van der Waals surface area contributed by atoms with Gasteiger partial charge in [0, 0.05) is 5.88 Å². The number of halogens is 1. The summed E-state index contributed by atoms with van der Waals surface area (Å²) in [5, 5.41) is 6.53. The molecule has 1 rings (SSSR count). The Kier molecular flexibility index (Phi) is 3.63. The van der Waals surface area contributed by atoms with Crippen LogP contribution in [0.3, 0.4) is 0 Å². The Bertz CT molecular complexity index is 349. The van der Waals surface area contributed by atoms with E-state index in [-0.39, 0.29) is 4.34 Å². The van der Waals surface area contributed by atoms with Crippen LogP contribution in [0.1, 0.15) is 13.3 Å². The number of hydrogen-bond acceptors (Lipinski definition) is 5. The third-order valence-electron chi connectivity index (χ3n) is 1.63. The van der Waals surface area contributed by atoms with Gasteiger partial charge in [0.1, 0.15) is 5.51 Å². The second kappa shape index (κ2) is 4.34. The highest BCUT2D eigenvalue weighted by molar-refractivity contribution is 7.93. The molecule has 1 unspecified atom stereocenters. The highest BCUT2D eigenvalue weighted by Crippen LogP contribution is 2.19. The van der Waals surface area contributed by atoms with E-state index in [0.717, 1.165) is 11.3 Å². The van der Waals surface area contributed by atoms with Gasteiger partial charge in [0.25, 0.3) is 0 Å². The summed E-state index contributed by atoms with van der Waals surface area (Å²) in [6.45, 7) is 1.62. The summed E-state index contributed by atoms with van der Waals surface area (Å²) in [4.78, 5) is 0. The van der Waals surface area contributed by atoms with Gasteiger partial charge in [-0.25, -0.2) is 8.42 Å². The van der Waals surface area contributed by atoms with E-state index in [1.54, 1.807) is 6.92 Å². The maximum Gasteiger partial charge on any atom is 0.232 e. The fourth-order valence-electron chi connectivity index (χ4n) is 0.768. The molecule has 0 aromatic carbocycles. The lowest BCUT2D eigenvalue weighted by Gasteiger charge is -2.07. The van der Waals surface area contributed by atoms with E-state index >= 15 is 0 Å². The van der Waals surface area contributed by atoms with E-state index in [4.69, 9.17) is 11.6 Å². The highest BCUT2D eigenvalue weighted by Gasteiger charge is 2.25. The first-order valence-electron chi connectivity index (χ1n) is 3.65. The third-order valence-corrected chi connectivity index (χ3v) is 5.18. The Balaban J connectivity index is 2.90. The number of rotatable bonds is 4. The van der Waals surface area contributed by atoms with E-state index in [2.05, 4.69) is 10.2 Å². The summed E-state index contributed by atoms with van der Waals surface area (Å²) in [6.07, 6.45) is 0.434. The van der Waals surface area contributed by atoms with Crippen LogP contribution in [-0.2, 0) is 9.84 Å². The Morgan fingerprint density at radius 3 is 2.85 bits per heavy atom. The summed E-state index contributed by atoms with van der Waals surface area (Å²) < 4.78 is 23.3. The quantitative estimate of drug-likeness (QED) is 0.745. The lowest BCUT2D eigenvalue weighted by atomic mass is 10.4. The molecule has 74 valence electrons. The second-order valence-electron chi connectivity index (χ2n) is 2.54. The first kappa shape index (κ1) is 10.9. The molecule has 0 spiro atoms. The van der Waals surface area contributed by atoms with Crippen LogP contribution in [0.2, 0.25) is 0 Å². The molecule has 0 bridgehead atoms. The zero-order valence-electron chi connectivity index (χ0n) is 6.97. The van der Waals surface area contributed by atoms with Crippen LogP contribution in [0.25, 0.3) is 0 Å². The highest BCUT2D eigenvalue weighted by atomic mass is 35.5. The lowest BCUT2D eigenvalue weighted by Crippen LogP contribution is -2.18. The molecular weight excluding hydrogens is 232 g/mol. The van der Waals surface area contributed by atoms with Crippen molar-refractivity contribution in [3.8, 4) is 0 Å². The molecule has 0 aliphatic heterocycles. The van der Waals surface area contributed by atoms with Crippen LogP contribution in [0.4, 0.5) is 0 Å². The van der Waals surface area contributed by atoms with Gasteiger partial charge in [0.05, 0.1) is 5.25 Å². The average Bonchev–Trinajstić information content (AvgIpc) is 2.56. The van der Waals surface area contributed by atoms with Gasteiger partial charge in [-0.15, -0.1) is 21.8 Å². The fraction of sp³-hybridized carbons (Fsp3) is 0.667. The van der Waals surface area contributed by atoms with Gasteiger partial charge >= 0.3 is 0 Å². The Morgan fingerprint density at radius 1 is 1.69 bits per heavy atom. The molecule has 0 aliphatic rings. The van der Waals surface area contributed by atoms with Crippen molar-refractivity contribution >= 4 is 32.8 Å². The second-order valence-corrected chi connectivity index (χ2v) is 6.29. The van der Waals surface area contributed by atoms with E-state index < -0.39 is 15.1 Å².